The van der Waals surface area contributed by atoms with E-state index in [1.807, 2.05) is 6.92 Å². The van der Waals surface area contributed by atoms with E-state index in [4.69, 9.17) is 0 Å². The highest BCUT2D eigenvalue weighted by Gasteiger charge is 2.65. The lowest BCUT2D eigenvalue weighted by atomic mass is 9.70. The summed E-state index contributed by atoms with van der Waals surface area (Å²) >= 11 is 0. The zero-order chi connectivity index (χ0) is 16.1. The fraction of sp³-hybridized carbons (Fsp3) is 0.500. The van der Waals surface area contributed by atoms with Gasteiger partial charge in [0.05, 0.1) is 10.6 Å². The Morgan fingerprint density at radius 2 is 1.91 bits per heavy atom. The summed E-state index contributed by atoms with van der Waals surface area (Å²) in [5.74, 6) is 0.304. The van der Waals surface area contributed by atoms with Crippen LogP contribution in [0.15, 0.2) is 29.4 Å². The highest BCUT2D eigenvalue weighted by molar-refractivity contribution is 6.45. The van der Waals surface area contributed by atoms with Gasteiger partial charge in [-0.05, 0) is 30.4 Å². The first-order valence-electron chi connectivity index (χ1n) is 7.40. The molecular formula is C16H19N3O3. The number of hydrogen-bond acceptors (Lipinski definition) is 5. The molecule has 3 rings (SSSR count). The zero-order valence-corrected chi connectivity index (χ0v) is 12.9. The first-order chi connectivity index (χ1) is 10.3. The van der Waals surface area contributed by atoms with E-state index < -0.39 is 4.92 Å². The van der Waals surface area contributed by atoms with Gasteiger partial charge in [0.15, 0.2) is 5.78 Å². The number of fused-ring (bicyclic) bond motifs is 2. The van der Waals surface area contributed by atoms with Gasteiger partial charge in [-0.15, -0.1) is 0 Å². The van der Waals surface area contributed by atoms with Crippen molar-refractivity contribution in [2.24, 2.45) is 21.8 Å². The Morgan fingerprint density at radius 1 is 1.27 bits per heavy atom. The van der Waals surface area contributed by atoms with Gasteiger partial charge in [0.1, 0.15) is 5.71 Å². The second kappa shape index (κ2) is 4.63. The lowest BCUT2D eigenvalue weighted by Crippen LogP contribution is -2.33. The lowest BCUT2D eigenvalue weighted by molar-refractivity contribution is -0.384. The molecule has 0 amide bonds. The van der Waals surface area contributed by atoms with E-state index >= 15 is 0 Å². The molecule has 0 saturated heterocycles. The molecule has 2 aliphatic rings. The molecule has 2 unspecified atom stereocenters. The fourth-order valence-corrected chi connectivity index (χ4v) is 3.74. The van der Waals surface area contributed by atoms with Crippen LogP contribution >= 0.6 is 0 Å². The summed E-state index contributed by atoms with van der Waals surface area (Å²) in [5, 5.41) is 14.9. The molecule has 2 atom stereocenters. The second-order valence-corrected chi connectivity index (χ2v) is 6.89. The SMILES string of the molecule is CC12CCC(C(=NNc3ccc([N+](=O)[O-])cc3)C1=O)C2(C)C. The van der Waals surface area contributed by atoms with Crippen molar-refractivity contribution in [3.8, 4) is 0 Å². The molecule has 2 fully saturated rings. The highest BCUT2D eigenvalue weighted by Crippen LogP contribution is 2.62. The van der Waals surface area contributed by atoms with Crippen LogP contribution in [0.1, 0.15) is 33.6 Å². The predicted octanol–water partition coefficient (Wildman–Crippen LogP) is 3.39. The standard InChI is InChI=1S/C16H19N3O3/c1-15(2)12-8-9-16(15,3)14(20)13(12)18-17-10-4-6-11(7-5-10)19(21)22/h4-7,12,17H,8-9H2,1-3H3. The van der Waals surface area contributed by atoms with E-state index in [1.54, 1.807) is 12.1 Å². The Balaban J connectivity index is 1.82. The number of nitro benzene ring substituents is 1. The quantitative estimate of drug-likeness (QED) is 0.685. The summed E-state index contributed by atoms with van der Waals surface area (Å²) in [7, 11) is 0. The van der Waals surface area contributed by atoms with Crippen LogP contribution in [0.25, 0.3) is 0 Å². The van der Waals surface area contributed by atoms with Crippen molar-refractivity contribution < 1.29 is 9.72 Å². The molecule has 22 heavy (non-hydrogen) atoms. The smallest absolute Gasteiger partial charge is 0.269 e. The van der Waals surface area contributed by atoms with Crippen molar-refractivity contribution in [2.45, 2.75) is 33.6 Å². The van der Waals surface area contributed by atoms with Gasteiger partial charge in [0.2, 0.25) is 0 Å². The van der Waals surface area contributed by atoms with Gasteiger partial charge in [-0.25, -0.2) is 0 Å². The van der Waals surface area contributed by atoms with E-state index in [-0.39, 0.29) is 28.2 Å². The average Bonchev–Trinajstić information content (AvgIpc) is 2.78. The minimum atomic E-state index is -0.446. The van der Waals surface area contributed by atoms with Crippen molar-refractivity contribution in [1.82, 2.24) is 0 Å². The van der Waals surface area contributed by atoms with Gasteiger partial charge in [-0.1, -0.05) is 20.8 Å². The number of nitrogens with zero attached hydrogens (tertiary/aromatic N) is 2. The summed E-state index contributed by atoms with van der Waals surface area (Å²) in [6.07, 6.45) is 1.90. The lowest BCUT2D eigenvalue weighted by Gasteiger charge is -2.31. The van der Waals surface area contributed by atoms with Gasteiger partial charge in [-0.3, -0.25) is 20.3 Å². The molecule has 0 spiro atoms. The number of hydrogen-bond donors (Lipinski definition) is 1. The minimum absolute atomic E-state index is 0.0304. The van der Waals surface area contributed by atoms with E-state index in [1.165, 1.54) is 12.1 Å². The fourth-order valence-electron chi connectivity index (χ4n) is 3.74. The largest absolute Gasteiger partial charge is 0.292 e. The maximum Gasteiger partial charge on any atom is 0.269 e. The average molecular weight is 301 g/mol. The summed E-state index contributed by atoms with van der Waals surface area (Å²) in [4.78, 5) is 22.8. The normalized spacial score (nSPS) is 30.8. The van der Waals surface area contributed by atoms with E-state index in [0.29, 0.717) is 11.4 Å². The van der Waals surface area contributed by atoms with Crippen LogP contribution in [0.3, 0.4) is 0 Å². The van der Waals surface area contributed by atoms with Crippen molar-refractivity contribution in [1.29, 1.82) is 0 Å². The van der Waals surface area contributed by atoms with Crippen LogP contribution in [-0.4, -0.2) is 16.4 Å². The van der Waals surface area contributed by atoms with Gasteiger partial charge >= 0.3 is 0 Å². The van der Waals surface area contributed by atoms with E-state index in [0.717, 1.165) is 12.8 Å². The zero-order valence-electron chi connectivity index (χ0n) is 12.9. The molecule has 0 heterocycles. The number of anilines is 1. The van der Waals surface area contributed by atoms with Crippen molar-refractivity contribution >= 4 is 22.9 Å². The predicted molar refractivity (Wildman–Crippen MR) is 83.8 cm³/mol. The monoisotopic (exact) mass is 301 g/mol. The first-order valence-corrected chi connectivity index (χ1v) is 7.40. The van der Waals surface area contributed by atoms with Gasteiger partial charge < -0.3 is 0 Å². The molecule has 0 aliphatic heterocycles. The molecule has 116 valence electrons. The number of hydrazone groups is 1. The number of Topliss-reactive ketones (excluding diaryl/α,β-unsaturated/α-hetero) is 1. The molecule has 2 bridgehead atoms. The Bertz CT molecular complexity index is 678. The Kier molecular flexibility index (Phi) is 3.09. The summed E-state index contributed by atoms with van der Waals surface area (Å²) in [5.41, 5.74) is 3.75. The van der Waals surface area contributed by atoms with Crippen LogP contribution in [0.2, 0.25) is 0 Å². The third-order valence-electron chi connectivity index (χ3n) is 5.67. The van der Waals surface area contributed by atoms with Crippen molar-refractivity contribution in [2.75, 3.05) is 5.43 Å². The number of nitrogens with one attached hydrogen (secondary N) is 1. The first kappa shape index (κ1) is 14.7. The van der Waals surface area contributed by atoms with E-state index in [2.05, 4.69) is 24.4 Å². The number of non-ortho nitro benzene ring substituents is 1. The number of rotatable bonds is 3. The molecule has 1 aromatic rings. The summed E-state index contributed by atoms with van der Waals surface area (Å²) in [6, 6.07) is 6.01. The number of benzene rings is 1. The third-order valence-corrected chi connectivity index (χ3v) is 5.67. The molecule has 2 aliphatic carbocycles. The highest BCUT2D eigenvalue weighted by atomic mass is 16.6. The number of carbonyl (C=O) groups is 1. The topological polar surface area (TPSA) is 84.6 Å². The number of nitro groups is 1. The van der Waals surface area contributed by atoms with Gasteiger partial charge in [0, 0.05) is 23.5 Å². The maximum atomic E-state index is 12.6. The van der Waals surface area contributed by atoms with Crippen LogP contribution < -0.4 is 5.43 Å². The molecule has 2 saturated carbocycles. The molecule has 6 heteroatoms. The minimum Gasteiger partial charge on any atom is -0.292 e. The molecule has 0 radical (unpaired) electrons. The van der Waals surface area contributed by atoms with Crippen LogP contribution in [-0.2, 0) is 4.79 Å². The maximum absolute atomic E-state index is 12.6. The Hall–Kier alpha value is -2.24. The molecule has 6 nitrogen and oxygen atoms in total. The second-order valence-electron chi connectivity index (χ2n) is 6.89. The number of carbonyl (C=O) groups excluding carboxylic acids is 1. The van der Waals surface area contributed by atoms with Crippen LogP contribution in [0.4, 0.5) is 11.4 Å². The summed E-state index contributed by atoms with van der Waals surface area (Å²) in [6.45, 7) is 6.30. The van der Waals surface area contributed by atoms with Crippen LogP contribution in [0.5, 0.6) is 0 Å². The molecule has 1 aromatic carbocycles. The van der Waals surface area contributed by atoms with E-state index in [9.17, 15) is 14.9 Å². The van der Waals surface area contributed by atoms with Gasteiger partial charge in [-0.2, -0.15) is 5.10 Å². The Labute approximate surface area is 128 Å². The molecular weight excluding hydrogens is 282 g/mol. The van der Waals surface area contributed by atoms with Crippen molar-refractivity contribution in [3.05, 3.63) is 34.4 Å². The third kappa shape index (κ3) is 1.86. The van der Waals surface area contributed by atoms with Gasteiger partial charge in [0.25, 0.3) is 5.69 Å². The molecule has 0 aromatic heterocycles. The van der Waals surface area contributed by atoms with Crippen LogP contribution in [0, 0.1) is 26.9 Å². The van der Waals surface area contributed by atoms with Crippen molar-refractivity contribution in [3.63, 3.8) is 0 Å². The molecule has 1 N–H and O–H groups in total. The number of ketones is 1. The summed E-state index contributed by atoms with van der Waals surface area (Å²) < 4.78 is 0. The Morgan fingerprint density at radius 3 is 2.41 bits per heavy atom.